The fourth-order valence-electron chi connectivity index (χ4n) is 3.04. The minimum Gasteiger partial charge on any atom is -0.333 e. The van der Waals surface area contributed by atoms with Crippen LogP contribution in [0.15, 0.2) is 94.9 Å². The lowest BCUT2D eigenvalue weighted by Crippen LogP contribution is -2.35. The number of benzene rings is 3. The van der Waals surface area contributed by atoms with Gasteiger partial charge in [0.2, 0.25) is 0 Å². The molecule has 0 N–H and O–H groups in total. The van der Waals surface area contributed by atoms with Gasteiger partial charge >= 0.3 is 0 Å². The van der Waals surface area contributed by atoms with E-state index in [1.807, 2.05) is 79.8 Å². The van der Waals surface area contributed by atoms with Crippen molar-refractivity contribution in [2.45, 2.75) is 6.17 Å². The van der Waals surface area contributed by atoms with Crippen LogP contribution in [0.2, 0.25) is 5.02 Å². The maximum absolute atomic E-state index is 6.06. The first-order valence-corrected chi connectivity index (χ1v) is 8.86. The van der Waals surface area contributed by atoms with E-state index in [1.54, 1.807) is 0 Å². The molecule has 0 bridgehead atoms. The van der Waals surface area contributed by atoms with Crippen LogP contribution >= 0.6 is 11.6 Å². The number of halogens is 1. The minimum atomic E-state index is -0.130. The van der Waals surface area contributed by atoms with Gasteiger partial charge in [0, 0.05) is 23.2 Å². The Bertz CT molecular complexity index is 948. The molecule has 1 unspecified atom stereocenters. The maximum Gasteiger partial charge on any atom is 0.159 e. The molecule has 0 saturated heterocycles. The molecule has 4 heteroatoms. The summed E-state index contributed by atoms with van der Waals surface area (Å²) in [6.45, 7) is 0. The second-order valence-corrected chi connectivity index (χ2v) is 6.59. The van der Waals surface area contributed by atoms with Crippen molar-refractivity contribution in [2.24, 2.45) is 9.98 Å². The SMILES string of the molecule is CN1C(c2ccc(Cl)cc2)=NC(c2ccccc2)=NC1c1ccccc1. The molecule has 0 fully saturated rings. The van der Waals surface area contributed by atoms with Crippen molar-refractivity contribution in [1.82, 2.24) is 4.90 Å². The first kappa shape index (κ1) is 16.6. The van der Waals surface area contributed by atoms with Crippen LogP contribution in [0.25, 0.3) is 0 Å². The van der Waals surface area contributed by atoms with Gasteiger partial charge in [-0.15, -0.1) is 0 Å². The first-order valence-electron chi connectivity index (χ1n) is 8.48. The Balaban J connectivity index is 1.83. The fraction of sp³-hybridized carbons (Fsp3) is 0.0909. The molecule has 0 spiro atoms. The van der Waals surface area contributed by atoms with Crippen molar-refractivity contribution in [2.75, 3.05) is 7.05 Å². The molecule has 0 saturated carbocycles. The number of hydrogen-bond donors (Lipinski definition) is 0. The number of aliphatic imine (C=N–C) groups is 2. The summed E-state index contributed by atoms with van der Waals surface area (Å²) in [6, 6.07) is 28.1. The summed E-state index contributed by atoms with van der Waals surface area (Å²) in [5.74, 6) is 1.62. The summed E-state index contributed by atoms with van der Waals surface area (Å²) in [5.41, 5.74) is 3.15. The van der Waals surface area contributed by atoms with Gasteiger partial charge in [0.25, 0.3) is 0 Å². The molecule has 3 aromatic carbocycles. The van der Waals surface area contributed by atoms with Crippen molar-refractivity contribution in [3.8, 4) is 0 Å². The average molecular weight is 360 g/mol. The molecule has 4 rings (SSSR count). The largest absolute Gasteiger partial charge is 0.333 e. The molecule has 1 aliphatic rings. The second kappa shape index (κ2) is 7.14. The monoisotopic (exact) mass is 359 g/mol. The third-order valence-corrected chi connectivity index (χ3v) is 4.64. The third kappa shape index (κ3) is 3.26. The first-order chi connectivity index (χ1) is 12.7. The Labute approximate surface area is 158 Å². The van der Waals surface area contributed by atoms with Gasteiger partial charge in [-0.3, -0.25) is 0 Å². The van der Waals surface area contributed by atoms with Gasteiger partial charge in [-0.25, -0.2) is 9.98 Å². The van der Waals surface area contributed by atoms with Crippen LogP contribution < -0.4 is 0 Å². The molecule has 1 aliphatic heterocycles. The van der Waals surface area contributed by atoms with Gasteiger partial charge in [0.1, 0.15) is 12.0 Å². The van der Waals surface area contributed by atoms with Crippen LogP contribution in [-0.4, -0.2) is 23.6 Å². The van der Waals surface area contributed by atoms with E-state index in [4.69, 9.17) is 21.6 Å². The lowest BCUT2D eigenvalue weighted by molar-refractivity contribution is 0.383. The van der Waals surface area contributed by atoms with E-state index in [2.05, 4.69) is 17.0 Å². The van der Waals surface area contributed by atoms with Crippen molar-refractivity contribution in [3.05, 3.63) is 107 Å². The summed E-state index contributed by atoms with van der Waals surface area (Å²) >= 11 is 6.06. The highest BCUT2D eigenvalue weighted by Gasteiger charge is 2.26. The molecule has 26 heavy (non-hydrogen) atoms. The highest BCUT2D eigenvalue weighted by Crippen LogP contribution is 2.28. The van der Waals surface area contributed by atoms with Gasteiger partial charge < -0.3 is 4.90 Å². The predicted molar refractivity (Wildman–Crippen MR) is 108 cm³/mol. The summed E-state index contributed by atoms with van der Waals surface area (Å²) in [4.78, 5) is 11.9. The average Bonchev–Trinajstić information content (AvgIpc) is 2.70. The van der Waals surface area contributed by atoms with E-state index in [9.17, 15) is 0 Å². The molecule has 0 amide bonds. The Morgan fingerprint density at radius 3 is 2.04 bits per heavy atom. The molecule has 128 valence electrons. The van der Waals surface area contributed by atoms with Crippen molar-refractivity contribution >= 4 is 23.3 Å². The molecule has 0 radical (unpaired) electrons. The van der Waals surface area contributed by atoms with Gasteiger partial charge in [-0.1, -0.05) is 72.3 Å². The number of hydrogen-bond acceptors (Lipinski definition) is 3. The smallest absolute Gasteiger partial charge is 0.159 e. The Morgan fingerprint density at radius 1 is 0.769 bits per heavy atom. The Hall–Kier alpha value is -2.91. The normalized spacial score (nSPS) is 16.8. The zero-order valence-electron chi connectivity index (χ0n) is 14.4. The molecule has 0 aromatic heterocycles. The van der Waals surface area contributed by atoms with Gasteiger partial charge in [0.15, 0.2) is 5.84 Å². The molecule has 1 atom stereocenters. The lowest BCUT2D eigenvalue weighted by atomic mass is 10.1. The van der Waals surface area contributed by atoms with Crippen LogP contribution in [-0.2, 0) is 0 Å². The van der Waals surface area contributed by atoms with Gasteiger partial charge in [-0.2, -0.15) is 0 Å². The molecule has 1 heterocycles. The van der Waals surface area contributed by atoms with E-state index < -0.39 is 0 Å². The van der Waals surface area contributed by atoms with E-state index >= 15 is 0 Å². The number of nitrogens with zero attached hydrogens (tertiary/aromatic N) is 3. The zero-order valence-corrected chi connectivity index (χ0v) is 15.1. The molecular weight excluding hydrogens is 342 g/mol. The third-order valence-electron chi connectivity index (χ3n) is 4.39. The van der Waals surface area contributed by atoms with E-state index in [1.165, 1.54) is 0 Å². The van der Waals surface area contributed by atoms with Gasteiger partial charge in [0.05, 0.1) is 0 Å². The Morgan fingerprint density at radius 2 is 1.38 bits per heavy atom. The number of rotatable bonds is 3. The standard InChI is InChI=1S/C22H18ClN3/c1-26-21(17-10-6-3-7-11-17)24-20(16-8-4-2-5-9-16)25-22(26)18-12-14-19(23)15-13-18/h2-15,21H,1H3. The topological polar surface area (TPSA) is 28.0 Å². The lowest BCUT2D eigenvalue weighted by Gasteiger charge is -2.32. The minimum absolute atomic E-state index is 0.130. The van der Waals surface area contributed by atoms with Crippen molar-refractivity contribution in [3.63, 3.8) is 0 Å². The van der Waals surface area contributed by atoms with Crippen LogP contribution in [0.5, 0.6) is 0 Å². The highest BCUT2D eigenvalue weighted by molar-refractivity contribution is 6.30. The number of amidine groups is 2. The van der Waals surface area contributed by atoms with Crippen LogP contribution in [0, 0.1) is 0 Å². The summed E-state index contributed by atoms with van der Waals surface area (Å²) in [7, 11) is 2.02. The fourth-order valence-corrected chi connectivity index (χ4v) is 3.17. The summed E-state index contributed by atoms with van der Waals surface area (Å²) in [5, 5.41) is 0.712. The van der Waals surface area contributed by atoms with E-state index in [0.29, 0.717) is 5.02 Å². The summed E-state index contributed by atoms with van der Waals surface area (Å²) in [6.07, 6.45) is -0.130. The van der Waals surface area contributed by atoms with Crippen LogP contribution in [0.1, 0.15) is 22.9 Å². The maximum atomic E-state index is 6.06. The zero-order chi connectivity index (χ0) is 17.9. The van der Waals surface area contributed by atoms with Crippen molar-refractivity contribution < 1.29 is 0 Å². The molecular formula is C22H18ClN3. The quantitative estimate of drug-likeness (QED) is 0.633. The highest BCUT2D eigenvalue weighted by atomic mass is 35.5. The Kier molecular flexibility index (Phi) is 4.55. The summed E-state index contributed by atoms with van der Waals surface area (Å²) < 4.78 is 0. The molecule has 3 nitrogen and oxygen atoms in total. The van der Waals surface area contributed by atoms with Crippen LogP contribution in [0.4, 0.5) is 0 Å². The van der Waals surface area contributed by atoms with Crippen molar-refractivity contribution in [1.29, 1.82) is 0 Å². The molecule has 0 aliphatic carbocycles. The predicted octanol–water partition coefficient (Wildman–Crippen LogP) is 5.18. The van der Waals surface area contributed by atoms with Gasteiger partial charge in [-0.05, 0) is 29.8 Å². The van der Waals surface area contributed by atoms with Crippen LogP contribution in [0.3, 0.4) is 0 Å². The second-order valence-electron chi connectivity index (χ2n) is 6.16. The van der Waals surface area contributed by atoms with E-state index in [-0.39, 0.29) is 6.17 Å². The molecule has 3 aromatic rings. The van der Waals surface area contributed by atoms with E-state index in [0.717, 1.165) is 28.4 Å².